The monoisotopic (exact) mass is 408 g/mol. The van der Waals surface area contributed by atoms with Gasteiger partial charge in [0.1, 0.15) is 0 Å². The minimum atomic E-state index is -0.0875. The number of rotatable bonds is 7. The summed E-state index contributed by atoms with van der Waals surface area (Å²) in [6.07, 6.45) is 1.19. The third-order valence-electron chi connectivity index (χ3n) is 4.34. The number of nitrogens with one attached hydrogen (secondary N) is 1. The van der Waals surface area contributed by atoms with Crippen molar-refractivity contribution in [3.05, 3.63) is 45.2 Å². The van der Waals surface area contributed by atoms with E-state index in [2.05, 4.69) is 24.1 Å². The molecule has 0 aliphatic rings. The molecule has 2 heterocycles. The second-order valence-electron chi connectivity index (χ2n) is 6.79. The topological polar surface area (TPSA) is 51.2 Å². The van der Waals surface area contributed by atoms with Gasteiger partial charge < -0.3 is 10.1 Å². The van der Waals surface area contributed by atoms with Gasteiger partial charge in [-0.15, -0.1) is 22.7 Å². The number of methoxy groups -OCH3 is 1. The number of ether oxygens (including phenoxy) is 1. The lowest BCUT2D eigenvalue weighted by Crippen LogP contribution is -2.20. The van der Waals surface area contributed by atoms with Crippen LogP contribution in [0.25, 0.3) is 10.1 Å². The average molecular weight is 409 g/mol. The molecule has 0 aliphatic carbocycles. The van der Waals surface area contributed by atoms with E-state index in [1.807, 2.05) is 29.0 Å². The third kappa shape index (κ3) is 4.43. The van der Waals surface area contributed by atoms with Crippen molar-refractivity contribution in [3.63, 3.8) is 0 Å². The number of halogens is 1. The van der Waals surface area contributed by atoms with Crippen LogP contribution in [0.4, 0.5) is 5.13 Å². The molecule has 0 unspecified atom stereocenters. The largest absolute Gasteiger partial charge is 0.385 e. The van der Waals surface area contributed by atoms with Gasteiger partial charge in [0.05, 0.1) is 12.1 Å². The van der Waals surface area contributed by atoms with Crippen molar-refractivity contribution in [2.24, 2.45) is 0 Å². The fourth-order valence-corrected chi connectivity index (χ4v) is 4.69. The fraction of sp³-hybridized carbons (Fsp3) is 0.368. The zero-order chi connectivity index (χ0) is 18.7. The van der Waals surface area contributed by atoms with Gasteiger partial charge in [0.15, 0.2) is 5.13 Å². The molecule has 1 aromatic carbocycles. The lowest BCUT2D eigenvalue weighted by atomic mass is 9.87. The van der Waals surface area contributed by atoms with Crippen LogP contribution in [0.2, 0.25) is 5.02 Å². The minimum absolute atomic E-state index is 0.0692. The summed E-state index contributed by atoms with van der Waals surface area (Å²) in [5.41, 5.74) is 1.88. The second-order valence-corrected chi connectivity index (χ2v) is 9.00. The maximum atomic E-state index is 12.4. The number of carbonyl (C=O) groups excluding carboxylic acids is 1. The number of benzene rings is 1. The zero-order valence-electron chi connectivity index (χ0n) is 15.0. The molecular formula is C19H21ClN2O2S2. The van der Waals surface area contributed by atoms with Crippen LogP contribution in [0, 0.1) is 0 Å². The number of thiazole rings is 1. The highest BCUT2D eigenvalue weighted by molar-refractivity contribution is 7.17. The summed E-state index contributed by atoms with van der Waals surface area (Å²) >= 11 is 9.16. The van der Waals surface area contributed by atoms with Crippen molar-refractivity contribution in [2.45, 2.75) is 32.1 Å². The van der Waals surface area contributed by atoms with Crippen LogP contribution >= 0.6 is 34.3 Å². The van der Waals surface area contributed by atoms with Gasteiger partial charge in [0, 0.05) is 34.2 Å². The Hall–Kier alpha value is -1.47. The summed E-state index contributed by atoms with van der Waals surface area (Å²) in [7, 11) is 1.70. The number of thiophene rings is 1. The first kappa shape index (κ1) is 19.3. The van der Waals surface area contributed by atoms with Gasteiger partial charge in [-0.2, -0.15) is 0 Å². The Balaban J connectivity index is 1.67. The number of hydrogen-bond donors (Lipinski definition) is 1. The SMILES string of the molecule is COCCC(C)(C)c1csc(NC(=O)Cc2csc3ccc(Cl)cc23)n1. The predicted octanol–water partition coefficient (Wildman–Crippen LogP) is 5.51. The number of anilines is 1. The summed E-state index contributed by atoms with van der Waals surface area (Å²) in [6.45, 7) is 4.95. The van der Waals surface area contributed by atoms with Gasteiger partial charge in [0.2, 0.25) is 5.91 Å². The third-order valence-corrected chi connectivity index (χ3v) is 6.35. The van der Waals surface area contributed by atoms with E-state index in [1.54, 1.807) is 18.4 Å². The molecule has 2 aromatic heterocycles. The number of carbonyl (C=O) groups is 1. The van der Waals surface area contributed by atoms with Crippen LogP contribution in [0.15, 0.2) is 29.0 Å². The fourth-order valence-electron chi connectivity index (χ4n) is 2.65. The van der Waals surface area contributed by atoms with Crippen LogP contribution in [0.3, 0.4) is 0 Å². The standard InChI is InChI=1S/C19H21ClN2O2S2/c1-19(2,6-7-24-3)16-11-26-18(21-16)22-17(23)8-12-10-25-15-5-4-13(20)9-14(12)15/h4-5,9-11H,6-8H2,1-3H3,(H,21,22,23). The Labute approximate surface area is 166 Å². The molecular weight excluding hydrogens is 388 g/mol. The average Bonchev–Trinajstić information content (AvgIpc) is 3.21. The molecule has 0 radical (unpaired) electrons. The number of amides is 1. The molecule has 0 bridgehead atoms. The highest BCUT2D eigenvalue weighted by Gasteiger charge is 2.24. The lowest BCUT2D eigenvalue weighted by molar-refractivity contribution is -0.115. The summed E-state index contributed by atoms with van der Waals surface area (Å²) in [6, 6.07) is 5.77. The lowest BCUT2D eigenvalue weighted by Gasteiger charge is -2.21. The molecule has 0 atom stereocenters. The first-order chi connectivity index (χ1) is 12.4. The van der Waals surface area contributed by atoms with E-state index < -0.39 is 0 Å². The van der Waals surface area contributed by atoms with Crippen molar-refractivity contribution < 1.29 is 9.53 Å². The van der Waals surface area contributed by atoms with E-state index in [9.17, 15) is 4.79 Å². The molecule has 0 saturated heterocycles. The normalized spacial score (nSPS) is 11.8. The van der Waals surface area contributed by atoms with Gasteiger partial charge in [-0.3, -0.25) is 4.79 Å². The Kier molecular flexibility index (Phi) is 5.97. The molecule has 0 saturated carbocycles. The molecule has 0 spiro atoms. The smallest absolute Gasteiger partial charge is 0.230 e. The molecule has 1 amide bonds. The summed E-state index contributed by atoms with van der Waals surface area (Å²) < 4.78 is 6.30. The Morgan fingerprint density at radius 3 is 2.88 bits per heavy atom. The van der Waals surface area contributed by atoms with Crippen LogP contribution in [0.1, 0.15) is 31.5 Å². The van der Waals surface area contributed by atoms with E-state index in [1.165, 1.54) is 11.3 Å². The van der Waals surface area contributed by atoms with Gasteiger partial charge in [-0.05, 0) is 40.9 Å². The predicted molar refractivity (Wildman–Crippen MR) is 111 cm³/mol. The number of aromatic nitrogens is 1. The molecule has 0 fully saturated rings. The molecule has 3 aromatic rings. The number of fused-ring (bicyclic) bond motifs is 1. The maximum absolute atomic E-state index is 12.4. The van der Waals surface area contributed by atoms with Gasteiger partial charge >= 0.3 is 0 Å². The zero-order valence-corrected chi connectivity index (χ0v) is 17.4. The van der Waals surface area contributed by atoms with Gasteiger partial charge in [0.25, 0.3) is 0 Å². The van der Waals surface area contributed by atoms with Crippen molar-refractivity contribution in [2.75, 3.05) is 19.0 Å². The first-order valence-electron chi connectivity index (χ1n) is 8.29. The minimum Gasteiger partial charge on any atom is -0.385 e. The highest BCUT2D eigenvalue weighted by Crippen LogP contribution is 2.31. The quantitative estimate of drug-likeness (QED) is 0.561. The summed E-state index contributed by atoms with van der Waals surface area (Å²) in [5.74, 6) is -0.0692. The Bertz CT molecular complexity index is 917. The Morgan fingerprint density at radius 1 is 1.31 bits per heavy atom. The van der Waals surface area contributed by atoms with Crippen molar-refractivity contribution in [3.8, 4) is 0 Å². The van der Waals surface area contributed by atoms with E-state index in [-0.39, 0.29) is 11.3 Å². The molecule has 138 valence electrons. The molecule has 1 N–H and O–H groups in total. The van der Waals surface area contributed by atoms with Crippen molar-refractivity contribution in [1.82, 2.24) is 4.98 Å². The first-order valence-corrected chi connectivity index (χ1v) is 10.4. The summed E-state index contributed by atoms with van der Waals surface area (Å²) in [5, 5.41) is 9.29. The van der Waals surface area contributed by atoms with E-state index >= 15 is 0 Å². The van der Waals surface area contributed by atoms with Crippen LogP contribution in [-0.2, 0) is 21.4 Å². The summed E-state index contributed by atoms with van der Waals surface area (Å²) in [4.78, 5) is 17.0. The highest BCUT2D eigenvalue weighted by atomic mass is 35.5. The Morgan fingerprint density at radius 2 is 2.12 bits per heavy atom. The molecule has 3 rings (SSSR count). The maximum Gasteiger partial charge on any atom is 0.230 e. The van der Waals surface area contributed by atoms with E-state index in [0.717, 1.165) is 27.8 Å². The van der Waals surface area contributed by atoms with Crippen LogP contribution in [0.5, 0.6) is 0 Å². The van der Waals surface area contributed by atoms with E-state index in [4.69, 9.17) is 16.3 Å². The molecule has 26 heavy (non-hydrogen) atoms. The van der Waals surface area contributed by atoms with Gasteiger partial charge in [-0.1, -0.05) is 25.4 Å². The number of nitrogens with zero attached hydrogens (tertiary/aromatic N) is 1. The number of hydrogen-bond acceptors (Lipinski definition) is 5. The molecule has 7 heteroatoms. The van der Waals surface area contributed by atoms with Crippen molar-refractivity contribution in [1.29, 1.82) is 0 Å². The second kappa shape index (κ2) is 8.05. The molecule has 0 aliphatic heterocycles. The van der Waals surface area contributed by atoms with Crippen LogP contribution in [-0.4, -0.2) is 24.6 Å². The van der Waals surface area contributed by atoms with E-state index in [0.29, 0.717) is 23.2 Å². The van der Waals surface area contributed by atoms with Crippen LogP contribution < -0.4 is 5.32 Å². The van der Waals surface area contributed by atoms with Gasteiger partial charge in [-0.25, -0.2) is 4.98 Å². The van der Waals surface area contributed by atoms with Crippen molar-refractivity contribution >= 4 is 55.4 Å². The molecule has 4 nitrogen and oxygen atoms in total.